The number of halogens is 1. The highest BCUT2D eigenvalue weighted by Crippen LogP contribution is 2.19. The molecule has 1 atom stereocenters. The van der Waals surface area contributed by atoms with Crippen molar-refractivity contribution < 1.29 is 9.59 Å². The Labute approximate surface area is 162 Å². The highest BCUT2D eigenvalue weighted by molar-refractivity contribution is 5.85. The van der Waals surface area contributed by atoms with E-state index >= 15 is 0 Å². The lowest BCUT2D eigenvalue weighted by atomic mass is 9.88. The highest BCUT2D eigenvalue weighted by atomic mass is 35.5. The summed E-state index contributed by atoms with van der Waals surface area (Å²) in [6, 6.07) is 10.1. The molecule has 2 fully saturated rings. The number of nitrogens with one attached hydrogen (secondary N) is 1. The van der Waals surface area contributed by atoms with Gasteiger partial charge in [0.25, 0.3) is 0 Å². The zero-order chi connectivity index (χ0) is 17.6. The van der Waals surface area contributed by atoms with Crippen LogP contribution in [0.3, 0.4) is 0 Å². The molecular formula is C20H30ClN3O2. The van der Waals surface area contributed by atoms with Gasteiger partial charge in [0.1, 0.15) is 0 Å². The minimum atomic E-state index is 0. The van der Waals surface area contributed by atoms with Crippen LogP contribution in [0.5, 0.6) is 0 Å². The van der Waals surface area contributed by atoms with Crippen LogP contribution in [0.4, 0.5) is 0 Å². The van der Waals surface area contributed by atoms with E-state index in [9.17, 15) is 9.59 Å². The van der Waals surface area contributed by atoms with E-state index in [1.54, 1.807) is 0 Å². The molecule has 0 saturated carbocycles. The standard InChI is InChI=1S/C20H29N3O2.ClH/c1-16(18-14-21-15-18)20(25)23-11-5-10-22(12-13-23)19(24)9-8-17-6-3-2-4-7-17;/h2-4,6-7,16,18,21H,5,8-15H2,1H3;1H. The first-order chi connectivity index (χ1) is 12.1. The number of benzene rings is 1. The van der Waals surface area contributed by atoms with Gasteiger partial charge >= 0.3 is 0 Å². The van der Waals surface area contributed by atoms with E-state index < -0.39 is 0 Å². The second-order valence-corrected chi connectivity index (χ2v) is 7.25. The number of carbonyl (C=O) groups is 2. The molecule has 5 nitrogen and oxygen atoms in total. The summed E-state index contributed by atoms with van der Waals surface area (Å²) in [6.07, 6.45) is 2.20. The van der Waals surface area contributed by atoms with E-state index in [0.29, 0.717) is 25.4 Å². The van der Waals surface area contributed by atoms with Gasteiger partial charge in [-0.15, -0.1) is 12.4 Å². The molecule has 26 heavy (non-hydrogen) atoms. The van der Waals surface area contributed by atoms with Gasteiger partial charge in [0.15, 0.2) is 0 Å². The van der Waals surface area contributed by atoms with Crippen molar-refractivity contribution in [2.45, 2.75) is 26.2 Å². The fraction of sp³-hybridized carbons (Fsp3) is 0.600. The third kappa shape index (κ3) is 5.21. The predicted molar refractivity (Wildman–Crippen MR) is 105 cm³/mol. The molecule has 2 aliphatic heterocycles. The maximum atomic E-state index is 12.7. The van der Waals surface area contributed by atoms with Crippen molar-refractivity contribution in [3.8, 4) is 0 Å². The fourth-order valence-corrected chi connectivity index (χ4v) is 3.60. The summed E-state index contributed by atoms with van der Waals surface area (Å²) in [5.74, 6) is 1.01. The molecule has 0 spiro atoms. The van der Waals surface area contributed by atoms with Gasteiger partial charge in [-0.1, -0.05) is 37.3 Å². The van der Waals surface area contributed by atoms with Crippen molar-refractivity contribution in [1.82, 2.24) is 15.1 Å². The van der Waals surface area contributed by atoms with Crippen LogP contribution in [0, 0.1) is 11.8 Å². The largest absolute Gasteiger partial charge is 0.341 e. The van der Waals surface area contributed by atoms with Gasteiger partial charge in [-0.05, 0) is 37.4 Å². The normalized spacial score (nSPS) is 19.1. The van der Waals surface area contributed by atoms with Crippen LogP contribution in [0.15, 0.2) is 30.3 Å². The summed E-state index contributed by atoms with van der Waals surface area (Å²) in [6.45, 7) is 6.80. The van der Waals surface area contributed by atoms with Gasteiger partial charge in [-0.25, -0.2) is 0 Å². The van der Waals surface area contributed by atoms with Crippen molar-refractivity contribution in [2.75, 3.05) is 39.3 Å². The summed E-state index contributed by atoms with van der Waals surface area (Å²) >= 11 is 0. The van der Waals surface area contributed by atoms with Crippen LogP contribution < -0.4 is 5.32 Å². The third-order valence-electron chi connectivity index (χ3n) is 5.54. The van der Waals surface area contributed by atoms with E-state index in [1.807, 2.05) is 34.9 Å². The van der Waals surface area contributed by atoms with Crippen LogP contribution in [0.1, 0.15) is 25.3 Å². The summed E-state index contributed by atoms with van der Waals surface area (Å²) in [7, 11) is 0. The monoisotopic (exact) mass is 379 g/mol. The van der Waals surface area contributed by atoms with E-state index in [4.69, 9.17) is 0 Å². The van der Waals surface area contributed by atoms with Gasteiger partial charge in [0.05, 0.1) is 0 Å². The molecule has 1 aromatic rings. The molecular weight excluding hydrogens is 350 g/mol. The first-order valence-electron chi connectivity index (χ1n) is 9.46. The summed E-state index contributed by atoms with van der Waals surface area (Å²) in [5.41, 5.74) is 1.20. The lowest BCUT2D eigenvalue weighted by Crippen LogP contribution is -2.51. The Kier molecular flexibility index (Phi) is 7.91. The first kappa shape index (κ1) is 20.7. The number of amides is 2. The Morgan fingerprint density at radius 3 is 2.38 bits per heavy atom. The lowest BCUT2D eigenvalue weighted by molar-refractivity contribution is -0.138. The maximum Gasteiger partial charge on any atom is 0.225 e. The Balaban J connectivity index is 0.00000243. The third-order valence-corrected chi connectivity index (χ3v) is 5.54. The zero-order valence-electron chi connectivity index (χ0n) is 15.5. The van der Waals surface area contributed by atoms with E-state index in [2.05, 4.69) is 17.4 Å². The Morgan fingerprint density at radius 1 is 1.08 bits per heavy atom. The minimum absolute atomic E-state index is 0. The predicted octanol–water partition coefficient (Wildman–Crippen LogP) is 1.96. The molecule has 0 aliphatic carbocycles. The van der Waals surface area contributed by atoms with E-state index in [-0.39, 0.29) is 30.1 Å². The van der Waals surface area contributed by atoms with Crippen LogP contribution >= 0.6 is 12.4 Å². The number of aryl methyl sites for hydroxylation is 1. The Morgan fingerprint density at radius 2 is 1.73 bits per heavy atom. The molecule has 2 amide bonds. The summed E-state index contributed by atoms with van der Waals surface area (Å²) in [5, 5.41) is 3.24. The van der Waals surface area contributed by atoms with Gasteiger partial charge in [-0.2, -0.15) is 0 Å². The molecule has 0 radical (unpaired) electrons. The van der Waals surface area contributed by atoms with Crippen LogP contribution in [0.25, 0.3) is 0 Å². The average molecular weight is 380 g/mol. The van der Waals surface area contributed by atoms with Crippen molar-refractivity contribution in [3.05, 3.63) is 35.9 Å². The lowest BCUT2D eigenvalue weighted by Gasteiger charge is -2.34. The quantitative estimate of drug-likeness (QED) is 0.850. The number of carbonyl (C=O) groups excluding carboxylic acids is 2. The molecule has 1 N–H and O–H groups in total. The molecule has 2 heterocycles. The molecule has 0 aromatic heterocycles. The zero-order valence-corrected chi connectivity index (χ0v) is 16.3. The number of hydrogen-bond donors (Lipinski definition) is 1. The number of nitrogens with zero attached hydrogens (tertiary/aromatic N) is 2. The number of rotatable bonds is 5. The maximum absolute atomic E-state index is 12.7. The fourth-order valence-electron chi connectivity index (χ4n) is 3.60. The second kappa shape index (κ2) is 9.93. The van der Waals surface area contributed by atoms with Crippen LogP contribution in [0.2, 0.25) is 0 Å². The SMILES string of the molecule is CC(C(=O)N1CCCN(C(=O)CCc2ccccc2)CC1)C1CNC1.Cl. The molecule has 1 aromatic carbocycles. The van der Waals surface area contributed by atoms with E-state index in [0.717, 1.165) is 39.0 Å². The molecule has 3 rings (SSSR count). The number of hydrogen-bond acceptors (Lipinski definition) is 3. The molecule has 6 heteroatoms. The van der Waals surface area contributed by atoms with Gasteiger partial charge in [-0.3, -0.25) is 9.59 Å². The summed E-state index contributed by atoms with van der Waals surface area (Å²) in [4.78, 5) is 29.1. The molecule has 0 bridgehead atoms. The molecule has 2 saturated heterocycles. The smallest absolute Gasteiger partial charge is 0.225 e. The minimum Gasteiger partial charge on any atom is -0.341 e. The van der Waals surface area contributed by atoms with Crippen molar-refractivity contribution in [1.29, 1.82) is 0 Å². The van der Waals surface area contributed by atoms with Crippen molar-refractivity contribution >= 4 is 24.2 Å². The molecule has 1 unspecified atom stereocenters. The van der Waals surface area contributed by atoms with Crippen molar-refractivity contribution in [2.24, 2.45) is 11.8 Å². The Bertz CT molecular complexity index is 592. The Hall–Kier alpha value is -1.59. The molecule has 2 aliphatic rings. The summed E-state index contributed by atoms with van der Waals surface area (Å²) < 4.78 is 0. The van der Waals surface area contributed by atoms with Crippen molar-refractivity contribution in [3.63, 3.8) is 0 Å². The average Bonchev–Trinajstić information content (AvgIpc) is 2.84. The second-order valence-electron chi connectivity index (χ2n) is 7.25. The van der Waals surface area contributed by atoms with E-state index in [1.165, 1.54) is 5.56 Å². The van der Waals surface area contributed by atoms with Gasteiger partial charge < -0.3 is 15.1 Å². The first-order valence-corrected chi connectivity index (χ1v) is 9.46. The van der Waals surface area contributed by atoms with Crippen LogP contribution in [-0.4, -0.2) is 60.9 Å². The van der Waals surface area contributed by atoms with Gasteiger partial charge in [0, 0.05) is 38.5 Å². The highest BCUT2D eigenvalue weighted by Gasteiger charge is 2.32. The van der Waals surface area contributed by atoms with Gasteiger partial charge in [0.2, 0.25) is 11.8 Å². The topological polar surface area (TPSA) is 52.7 Å². The molecule has 144 valence electrons. The van der Waals surface area contributed by atoms with Crippen LogP contribution in [-0.2, 0) is 16.0 Å².